The molecule has 1 amide bonds. The summed E-state index contributed by atoms with van der Waals surface area (Å²) in [6.07, 6.45) is 2.13. The zero-order valence-corrected chi connectivity index (χ0v) is 10.1. The molecule has 76 valence electrons. The minimum absolute atomic E-state index is 0.225. The molecule has 1 rings (SSSR count). The predicted molar refractivity (Wildman–Crippen MR) is 57.9 cm³/mol. The number of amides is 1. The Morgan fingerprint density at radius 1 is 1.46 bits per heavy atom. The first-order valence-electron chi connectivity index (χ1n) is 4.95. The molecule has 2 atom stereocenters. The summed E-state index contributed by atoms with van der Waals surface area (Å²) in [5.41, 5.74) is 0. The molecule has 0 radical (unpaired) electrons. The topological polar surface area (TPSA) is 29.1 Å². The molecule has 0 heterocycles. The quantitative estimate of drug-likeness (QED) is 0.763. The minimum Gasteiger partial charge on any atom is -0.352 e. The van der Waals surface area contributed by atoms with Gasteiger partial charge in [-0.15, -0.1) is 0 Å². The van der Waals surface area contributed by atoms with Crippen molar-refractivity contribution in [2.24, 2.45) is 11.8 Å². The molecule has 1 N–H and O–H groups in total. The van der Waals surface area contributed by atoms with Gasteiger partial charge in [0, 0.05) is 16.8 Å². The van der Waals surface area contributed by atoms with Crippen molar-refractivity contribution in [1.29, 1.82) is 0 Å². The Morgan fingerprint density at radius 2 is 2.00 bits per heavy atom. The number of halogens is 1. The van der Waals surface area contributed by atoms with Gasteiger partial charge < -0.3 is 5.32 Å². The van der Waals surface area contributed by atoms with Crippen molar-refractivity contribution >= 4 is 21.8 Å². The molecule has 2 unspecified atom stereocenters. The van der Waals surface area contributed by atoms with Crippen molar-refractivity contribution in [3.8, 4) is 0 Å². The van der Waals surface area contributed by atoms with Crippen LogP contribution in [0.15, 0.2) is 0 Å². The summed E-state index contributed by atoms with van der Waals surface area (Å²) < 4.78 is 0. The maximum Gasteiger partial charge on any atom is 0.223 e. The van der Waals surface area contributed by atoms with Crippen LogP contribution >= 0.6 is 15.9 Å². The van der Waals surface area contributed by atoms with Crippen LogP contribution < -0.4 is 5.32 Å². The van der Waals surface area contributed by atoms with Gasteiger partial charge in [0.05, 0.1) is 0 Å². The first kappa shape index (κ1) is 11.0. The van der Waals surface area contributed by atoms with Crippen LogP contribution in [-0.4, -0.2) is 16.8 Å². The number of alkyl halides is 1. The lowest BCUT2D eigenvalue weighted by atomic mass is 9.75. The molecular formula is C10H18BrNO. The monoisotopic (exact) mass is 247 g/mol. The molecule has 0 saturated heterocycles. The van der Waals surface area contributed by atoms with Gasteiger partial charge in [-0.25, -0.2) is 0 Å². The summed E-state index contributed by atoms with van der Waals surface area (Å²) in [7, 11) is 0. The highest BCUT2D eigenvalue weighted by atomic mass is 79.9. The van der Waals surface area contributed by atoms with Crippen LogP contribution in [-0.2, 0) is 4.79 Å². The van der Waals surface area contributed by atoms with Gasteiger partial charge in [-0.1, -0.05) is 29.8 Å². The highest BCUT2D eigenvalue weighted by molar-refractivity contribution is 9.09. The highest BCUT2D eigenvalue weighted by Crippen LogP contribution is 2.33. The lowest BCUT2D eigenvalue weighted by Crippen LogP contribution is -2.44. The third-order valence-corrected chi connectivity index (χ3v) is 3.60. The van der Waals surface area contributed by atoms with Gasteiger partial charge in [0.1, 0.15) is 0 Å². The van der Waals surface area contributed by atoms with Crippen molar-refractivity contribution in [3.63, 3.8) is 0 Å². The van der Waals surface area contributed by atoms with Gasteiger partial charge in [-0.2, -0.15) is 0 Å². The molecule has 0 aromatic carbocycles. The minimum atomic E-state index is 0.225. The van der Waals surface area contributed by atoms with E-state index in [9.17, 15) is 4.79 Å². The van der Waals surface area contributed by atoms with E-state index in [4.69, 9.17) is 0 Å². The maximum absolute atomic E-state index is 11.6. The van der Waals surface area contributed by atoms with Gasteiger partial charge in [0.25, 0.3) is 0 Å². The van der Waals surface area contributed by atoms with E-state index in [0.717, 1.165) is 18.8 Å². The van der Waals surface area contributed by atoms with E-state index in [1.165, 1.54) is 0 Å². The van der Waals surface area contributed by atoms with E-state index < -0.39 is 0 Å². The SMILES string of the molecule is CC1CC(C(=O)NC(C)C(C)Br)C1. The summed E-state index contributed by atoms with van der Waals surface area (Å²) in [6.45, 7) is 6.27. The van der Waals surface area contributed by atoms with Crippen LogP contribution in [0.4, 0.5) is 0 Å². The predicted octanol–water partition coefficient (Wildman–Crippen LogP) is 2.32. The Balaban J connectivity index is 2.25. The van der Waals surface area contributed by atoms with Crippen LogP contribution in [0.2, 0.25) is 0 Å². The molecule has 13 heavy (non-hydrogen) atoms. The second-order valence-corrected chi connectivity index (χ2v) is 5.69. The molecule has 2 nitrogen and oxygen atoms in total. The fourth-order valence-electron chi connectivity index (χ4n) is 1.57. The molecule has 0 bridgehead atoms. The van der Waals surface area contributed by atoms with Crippen molar-refractivity contribution in [2.75, 3.05) is 0 Å². The number of nitrogens with one attached hydrogen (secondary N) is 1. The Bertz CT molecular complexity index is 187. The van der Waals surface area contributed by atoms with Crippen LogP contribution in [0, 0.1) is 11.8 Å². The number of carbonyl (C=O) groups excluding carboxylic acids is 1. The molecule has 0 aromatic rings. The second kappa shape index (κ2) is 4.45. The molecule has 1 saturated carbocycles. The number of carbonyl (C=O) groups is 1. The zero-order chi connectivity index (χ0) is 10.0. The standard InChI is InChI=1S/C10H18BrNO/c1-6-4-9(5-6)10(13)12-8(3)7(2)11/h6-9H,4-5H2,1-3H3,(H,12,13). The molecule has 0 spiro atoms. The molecule has 3 heteroatoms. The van der Waals surface area contributed by atoms with E-state index in [2.05, 4.69) is 28.2 Å². The van der Waals surface area contributed by atoms with E-state index in [1.807, 2.05) is 13.8 Å². The molecule has 1 fully saturated rings. The molecule has 0 aromatic heterocycles. The van der Waals surface area contributed by atoms with Crippen LogP contribution in [0.5, 0.6) is 0 Å². The number of rotatable bonds is 3. The van der Waals surface area contributed by atoms with E-state index in [-0.39, 0.29) is 17.9 Å². The third kappa shape index (κ3) is 2.97. The average molecular weight is 248 g/mol. The van der Waals surface area contributed by atoms with Crippen molar-refractivity contribution in [1.82, 2.24) is 5.32 Å². The zero-order valence-electron chi connectivity index (χ0n) is 8.51. The summed E-state index contributed by atoms with van der Waals surface area (Å²) in [5.74, 6) is 1.26. The molecular weight excluding hydrogens is 230 g/mol. The Hall–Kier alpha value is -0.0500. The smallest absolute Gasteiger partial charge is 0.223 e. The van der Waals surface area contributed by atoms with Gasteiger partial charge in [0.2, 0.25) is 5.91 Å². The summed E-state index contributed by atoms with van der Waals surface area (Å²) in [5, 5.41) is 3.02. The van der Waals surface area contributed by atoms with E-state index in [0.29, 0.717) is 4.83 Å². The molecule has 1 aliphatic carbocycles. The van der Waals surface area contributed by atoms with E-state index in [1.54, 1.807) is 0 Å². The Kier molecular flexibility index (Phi) is 3.77. The summed E-state index contributed by atoms with van der Waals surface area (Å²) >= 11 is 3.45. The van der Waals surface area contributed by atoms with Gasteiger partial charge >= 0.3 is 0 Å². The van der Waals surface area contributed by atoms with Crippen LogP contribution in [0.1, 0.15) is 33.6 Å². The van der Waals surface area contributed by atoms with Crippen LogP contribution in [0.25, 0.3) is 0 Å². The van der Waals surface area contributed by atoms with Crippen molar-refractivity contribution in [3.05, 3.63) is 0 Å². The van der Waals surface area contributed by atoms with Crippen molar-refractivity contribution < 1.29 is 4.79 Å². The normalized spacial score (nSPS) is 31.7. The lowest BCUT2D eigenvalue weighted by molar-refractivity contribution is -0.129. The highest BCUT2D eigenvalue weighted by Gasteiger charge is 2.32. The summed E-state index contributed by atoms with van der Waals surface area (Å²) in [4.78, 5) is 11.9. The van der Waals surface area contributed by atoms with Crippen molar-refractivity contribution in [2.45, 2.75) is 44.5 Å². The maximum atomic E-state index is 11.6. The molecule has 1 aliphatic rings. The average Bonchev–Trinajstić information content (AvgIpc) is 1.98. The molecule has 0 aliphatic heterocycles. The summed E-state index contributed by atoms with van der Waals surface area (Å²) in [6, 6.07) is 0.225. The number of hydrogen-bond acceptors (Lipinski definition) is 1. The largest absolute Gasteiger partial charge is 0.352 e. The van der Waals surface area contributed by atoms with Gasteiger partial charge in [-0.3, -0.25) is 4.79 Å². The van der Waals surface area contributed by atoms with Crippen LogP contribution in [0.3, 0.4) is 0 Å². The first-order valence-corrected chi connectivity index (χ1v) is 5.86. The number of hydrogen-bond donors (Lipinski definition) is 1. The van der Waals surface area contributed by atoms with E-state index >= 15 is 0 Å². The second-order valence-electron chi connectivity index (χ2n) is 4.25. The fraction of sp³-hybridized carbons (Fsp3) is 0.900. The third-order valence-electron chi connectivity index (χ3n) is 2.80. The Morgan fingerprint density at radius 3 is 2.38 bits per heavy atom. The van der Waals surface area contributed by atoms with Gasteiger partial charge in [-0.05, 0) is 25.7 Å². The van der Waals surface area contributed by atoms with Gasteiger partial charge in [0.15, 0.2) is 0 Å². The lowest BCUT2D eigenvalue weighted by Gasteiger charge is -2.32. The fourth-order valence-corrected chi connectivity index (χ4v) is 1.71. The Labute approximate surface area is 88.6 Å². The first-order chi connectivity index (χ1) is 6.00.